The Balaban J connectivity index is 1.83. The molecule has 3 atom stereocenters. The number of ether oxygens (including phenoxy) is 2. The van der Waals surface area contributed by atoms with E-state index in [1.807, 2.05) is 0 Å². The smallest absolute Gasteiger partial charge is 0.0647 e. The van der Waals surface area contributed by atoms with Gasteiger partial charge in [0, 0.05) is 12.1 Å². The quantitative estimate of drug-likeness (QED) is 0.732. The van der Waals surface area contributed by atoms with Crippen molar-refractivity contribution in [3.05, 3.63) is 0 Å². The van der Waals surface area contributed by atoms with Gasteiger partial charge in [-0.1, -0.05) is 0 Å². The molecule has 82 valence electrons. The Hall–Kier alpha value is -0.120. The lowest BCUT2D eigenvalue weighted by atomic mass is 9.87. The van der Waals surface area contributed by atoms with Crippen molar-refractivity contribution in [1.82, 2.24) is 0 Å². The van der Waals surface area contributed by atoms with Crippen LogP contribution in [0.2, 0.25) is 0 Å². The maximum atomic E-state index is 6.28. The lowest BCUT2D eigenvalue weighted by molar-refractivity contribution is -0.00903. The summed E-state index contributed by atoms with van der Waals surface area (Å²) in [6.07, 6.45) is 6.30. The molecule has 3 unspecified atom stereocenters. The van der Waals surface area contributed by atoms with Crippen molar-refractivity contribution in [3.8, 4) is 0 Å². The molecule has 0 aromatic rings. The van der Waals surface area contributed by atoms with Crippen LogP contribution in [0.1, 0.15) is 39.0 Å². The Morgan fingerprint density at radius 2 is 2.29 bits per heavy atom. The van der Waals surface area contributed by atoms with E-state index in [0.717, 1.165) is 25.9 Å². The summed E-state index contributed by atoms with van der Waals surface area (Å²) in [7, 11) is 0. The molecule has 2 aliphatic heterocycles. The molecule has 0 aromatic heterocycles. The van der Waals surface area contributed by atoms with Crippen molar-refractivity contribution < 1.29 is 9.47 Å². The standard InChI is InChI=1S/C11H21NO2/c1-9-3-4-10(14-9)7-11(12)5-2-6-13-8-11/h9-10H,2-8,12H2,1H3. The SMILES string of the molecule is CC1CCC(CC2(N)CCCOC2)O1. The third-order valence-electron chi connectivity index (χ3n) is 3.31. The lowest BCUT2D eigenvalue weighted by Gasteiger charge is -2.35. The minimum Gasteiger partial charge on any atom is -0.380 e. The van der Waals surface area contributed by atoms with Crippen molar-refractivity contribution in [3.63, 3.8) is 0 Å². The zero-order valence-electron chi connectivity index (χ0n) is 9.00. The van der Waals surface area contributed by atoms with Crippen LogP contribution in [0.3, 0.4) is 0 Å². The van der Waals surface area contributed by atoms with Crippen LogP contribution >= 0.6 is 0 Å². The van der Waals surface area contributed by atoms with Gasteiger partial charge in [-0.2, -0.15) is 0 Å². The molecule has 0 radical (unpaired) electrons. The fourth-order valence-corrected chi connectivity index (χ4v) is 2.52. The van der Waals surface area contributed by atoms with Gasteiger partial charge in [-0.15, -0.1) is 0 Å². The number of hydrogen-bond donors (Lipinski definition) is 1. The molecule has 2 N–H and O–H groups in total. The number of hydrogen-bond acceptors (Lipinski definition) is 3. The molecule has 2 rings (SSSR count). The van der Waals surface area contributed by atoms with Crippen molar-refractivity contribution in [2.45, 2.75) is 56.8 Å². The molecule has 2 fully saturated rings. The molecule has 0 aliphatic carbocycles. The van der Waals surface area contributed by atoms with E-state index in [4.69, 9.17) is 15.2 Å². The Kier molecular flexibility index (Phi) is 3.10. The van der Waals surface area contributed by atoms with Crippen molar-refractivity contribution >= 4 is 0 Å². The summed E-state index contributed by atoms with van der Waals surface area (Å²) in [4.78, 5) is 0. The van der Waals surface area contributed by atoms with Gasteiger partial charge in [0.2, 0.25) is 0 Å². The normalized spacial score (nSPS) is 44.1. The zero-order valence-corrected chi connectivity index (χ0v) is 9.00. The topological polar surface area (TPSA) is 44.5 Å². The lowest BCUT2D eigenvalue weighted by Crippen LogP contribution is -2.49. The van der Waals surface area contributed by atoms with Gasteiger partial charge in [0.25, 0.3) is 0 Å². The molecule has 0 aromatic carbocycles. The molecule has 14 heavy (non-hydrogen) atoms. The van der Waals surface area contributed by atoms with Crippen LogP contribution in [-0.4, -0.2) is 31.0 Å². The summed E-state index contributed by atoms with van der Waals surface area (Å²) in [5, 5.41) is 0. The van der Waals surface area contributed by atoms with Gasteiger partial charge >= 0.3 is 0 Å². The van der Waals surface area contributed by atoms with Crippen LogP contribution in [0.5, 0.6) is 0 Å². The van der Waals surface area contributed by atoms with E-state index >= 15 is 0 Å². The van der Waals surface area contributed by atoms with E-state index in [-0.39, 0.29) is 5.54 Å². The van der Waals surface area contributed by atoms with Crippen LogP contribution in [0, 0.1) is 0 Å². The predicted octanol–water partition coefficient (Wildman–Crippen LogP) is 1.45. The molecule has 3 nitrogen and oxygen atoms in total. The van der Waals surface area contributed by atoms with Gasteiger partial charge in [-0.3, -0.25) is 0 Å². The highest BCUT2D eigenvalue weighted by Crippen LogP contribution is 2.29. The minimum absolute atomic E-state index is 0.118. The number of nitrogens with two attached hydrogens (primary N) is 1. The monoisotopic (exact) mass is 199 g/mol. The summed E-state index contributed by atoms with van der Waals surface area (Å²) in [6, 6.07) is 0. The van der Waals surface area contributed by atoms with Crippen molar-refractivity contribution in [1.29, 1.82) is 0 Å². The maximum absolute atomic E-state index is 6.28. The first kappa shape index (κ1) is 10.4. The highest BCUT2D eigenvalue weighted by Gasteiger charge is 2.34. The highest BCUT2D eigenvalue weighted by atomic mass is 16.5. The van der Waals surface area contributed by atoms with Crippen LogP contribution in [0.25, 0.3) is 0 Å². The van der Waals surface area contributed by atoms with Gasteiger partial charge in [0.15, 0.2) is 0 Å². The summed E-state index contributed by atoms with van der Waals surface area (Å²) in [6.45, 7) is 3.72. The first-order valence-corrected chi connectivity index (χ1v) is 5.70. The molecular formula is C11H21NO2. The van der Waals surface area contributed by atoms with E-state index in [9.17, 15) is 0 Å². The second-order valence-corrected chi connectivity index (χ2v) is 4.87. The Morgan fingerprint density at radius 1 is 1.43 bits per heavy atom. The first-order valence-electron chi connectivity index (χ1n) is 5.70. The van der Waals surface area contributed by atoms with Crippen LogP contribution < -0.4 is 5.73 Å². The minimum atomic E-state index is -0.118. The molecule has 0 saturated carbocycles. The van der Waals surface area contributed by atoms with E-state index in [0.29, 0.717) is 18.8 Å². The Labute approximate surface area is 85.9 Å². The Bertz CT molecular complexity index is 190. The summed E-state index contributed by atoms with van der Waals surface area (Å²) >= 11 is 0. The third-order valence-corrected chi connectivity index (χ3v) is 3.31. The number of rotatable bonds is 2. The second kappa shape index (κ2) is 4.17. The molecular weight excluding hydrogens is 178 g/mol. The van der Waals surface area contributed by atoms with E-state index in [1.54, 1.807) is 0 Å². The molecule has 0 amide bonds. The molecule has 0 spiro atoms. The molecule has 0 bridgehead atoms. The first-order chi connectivity index (χ1) is 6.68. The highest BCUT2D eigenvalue weighted by molar-refractivity contribution is 4.90. The average molecular weight is 199 g/mol. The van der Waals surface area contributed by atoms with Crippen molar-refractivity contribution in [2.24, 2.45) is 5.73 Å². The van der Waals surface area contributed by atoms with E-state index < -0.39 is 0 Å². The van der Waals surface area contributed by atoms with E-state index in [1.165, 1.54) is 12.8 Å². The summed E-state index contributed by atoms with van der Waals surface area (Å²) in [5.41, 5.74) is 6.16. The maximum Gasteiger partial charge on any atom is 0.0647 e. The molecule has 2 saturated heterocycles. The van der Waals surface area contributed by atoms with Crippen LogP contribution in [0.15, 0.2) is 0 Å². The fourth-order valence-electron chi connectivity index (χ4n) is 2.52. The largest absolute Gasteiger partial charge is 0.380 e. The average Bonchev–Trinajstić information content (AvgIpc) is 2.51. The summed E-state index contributed by atoms with van der Waals surface area (Å²) in [5.74, 6) is 0. The third kappa shape index (κ3) is 2.47. The van der Waals surface area contributed by atoms with Gasteiger partial charge in [-0.25, -0.2) is 0 Å². The van der Waals surface area contributed by atoms with Gasteiger partial charge in [-0.05, 0) is 39.0 Å². The Morgan fingerprint density at radius 3 is 2.86 bits per heavy atom. The van der Waals surface area contributed by atoms with E-state index in [2.05, 4.69) is 6.92 Å². The van der Waals surface area contributed by atoms with Crippen LogP contribution in [0.4, 0.5) is 0 Å². The van der Waals surface area contributed by atoms with Crippen LogP contribution in [-0.2, 0) is 9.47 Å². The predicted molar refractivity (Wildman–Crippen MR) is 55.2 cm³/mol. The summed E-state index contributed by atoms with van der Waals surface area (Å²) < 4.78 is 11.2. The molecule has 3 heteroatoms. The van der Waals surface area contributed by atoms with Crippen molar-refractivity contribution in [2.75, 3.05) is 13.2 Å². The zero-order chi connectivity index (χ0) is 10.0. The molecule has 2 aliphatic rings. The molecule has 2 heterocycles. The van der Waals surface area contributed by atoms with Gasteiger partial charge in [0.05, 0.1) is 18.8 Å². The second-order valence-electron chi connectivity index (χ2n) is 4.87. The fraction of sp³-hybridized carbons (Fsp3) is 1.00. The van der Waals surface area contributed by atoms with Gasteiger partial charge < -0.3 is 15.2 Å². The van der Waals surface area contributed by atoms with Gasteiger partial charge in [0.1, 0.15) is 0 Å².